The molecule has 2 aromatic carbocycles. The number of benzene rings is 2. The predicted molar refractivity (Wildman–Crippen MR) is 101 cm³/mol. The topological polar surface area (TPSA) is 66.3 Å². The van der Waals surface area contributed by atoms with E-state index in [1.807, 2.05) is 29.2 Å². The SMILES string of the molecule is O=C(O)[C@]1(Cc2ccc(F)cc2)CCCN(c2cnc3ccccc3n2)C1. The minimum Gasteiger partial charge on any atom is -0.481 e. The molecule has 1 N–H and O–H groups in total. The largest absolute Gasteiger partial charge is 0.481 e. The van der Waals surface area contributed by atoms with Crippen molar-refractivity contribution in [3.05, 3.63) is 66.1 Å². The molecule has 4 rings (SSSR count). The second-order valence-electron chi connectivity index (χ2n) is 7.13. The molecule has 0 spiro atoms. The van der Waals surface area contributed by atoms with Gasteiger partial charge in [0.2, 0.25) is 0 Å². The lowest BCUT2D eigenvalue weighted by Crippen LogP contribution is -2.49. The van der Waals surface area contributed by atoms with Gasteiger partial charge in [-0.05, 0) is 49.1 Å². The van der Waals surface area contributed by atoms with E-state index in [1.54, 1.807) is 18.3 Å². The standard InChI is InChI=1S/C21H20FN3O2/c22-16-8-6-15(7-9-16)12-21(20(26)27)10-3-11-25(14-21)19-13-23-17-4-1-2-5-18(17)24-19/h1-2,4-9,13H,3,10-12,14H2,(H,26,27)/t21-/m0/s1. The molecule has 1 aliphatic rings. The van der Waals surface area contributed by atoms with Gasteiger partial charge in [-0.2, -0.15) is 0 Å². The van der Waals surface area contributed by atoms with Crippen LogP contribution in [0.25, 0.3) is 11.0 Å². The van der Waals surface area contributed by atoms with Gasteiger partial charge in [-0.25, -0.2) is 9.37 Å². The van der Waals surface area contributed by atoms with Gasteiger partial charge in [0.15, 0.2) is 0 Å². The minimum absolute atomic E-state index is 0.320. The van der Waals surface area contributed by atoms with Gasteiger partial charge in [0.25, 0.3) is 0 Å². The molecule has 1 aromatic heterocycles. The van der Waals surface area contributed by atoms with Crippen molar-refractivity contribution in [1.29, 1.82) is 0 Å². The van der Waals surface area contributed by atoms with Crippen LogP contribution in [0.2, 0.25) is 0 Å². The van der Waals surface area contributed by atoms with Crippen molar-refractivity contribution < 1.29 is 14.3 Å². The van der Waals surface area contributed by atoms with Gasteiger partial charge in [0, 0.05) is 13.1 Å². The molecule has 1 fully saturated rings. The Morgan fingerprint density at radius 1 is 1.15 bits per heavy atom. The molecular formula is C21H20FN3O2. The zero-order valence-corrected chi connectivity index (χ0v) is 14.8. The van der Waals surface area contributed by atoms with E-state index in [-0.39, 0.29) is 5.82 Å². The van der Waals surface area contributed by atoms with E-state index in [0.717, 1.165) is 29.6 Å². The number of carboxylic acid groups (broad SMARTS) is 1. The summed E-state index contributed by atoms with van der Waals surface area (Å²) in [6.07, 6.45) is 3.40. The van der Waals surface area contributed by atoms with E-state index in [0.29, 0.717) is 25.2 Å². The summed E-state index contributed by atoms with van der Waals surface area (Å²) in [5.74, 6) is -0.455. The second-order valence-corrected chi connectivity index (χ2v) is 7.13. The van der Waals surface area contributed by atoms with Gasteiger partial charge in [-0.3, -0.25) is 9.78 Å². The van der Waals surface area contributed by atoms with Crippen LogP contribution in [0.5, 0.6) is 0 Å². The minimum atomic E-state index is -0.927. The maximum Gasteiger partial charge on any atom is 0.311 e. The molecule has 5 nitrogen and oxygen atoms in total. The van der Waals surface area contributed by atoms with Crippen LogP contribution in [-0.2, 0) is 11.2 Å². The van der Waals surface area contributed by atoms with Crippen molar-refractivity contribution in [3.8, 4) is 0 Å². The van der Waals surface area contributed by atoms with Crippen molar-refractivity contribution >= 4 is 22.8 Å². The van der Waals surface area contributed by atoms with Crippen LogP contribution in [0, 0.1) is 11.2 Å². The predicted octanol–water partition coefficient (Wildman–Crippen LogP) is 3.68. The molecule has 0 aliphatic carbocycles. The Morgan fingerprint density at radius 3 is 2.63 bits per heavy atom. The molecule has 0 bridgehead atoms. The molecule has 138 valence electrons. The molecule has 0 unspecified atom stereocenters. The molecule has 1 saturated heterocycles. The summed E-state index contributed by atoms with van der Waals surface area (Å²) in [6.45, 7) is 1.10. The molecular weight excluding hydrogens is 345 g/mol. The number of piperidine rings is 1. The Labute approximate surface area is 156 Å². The monoisotopic (exact) mass is 365 g/mol. The van der Waals surface area contributed by atoms with Crippen LogP contribution in [-0.4, -0.2) is 34.1 Å². The Bertz CT molecular complexity index is 977. The quantitative estimate of drug-likeness (QED) is 0.764. The highest BCUT2D eigenvalue weighted by Gasteiger charge is 2.43. The van der Waals surface area contributed by atoms with Gasteiger partial charge in [-0.1, -0.05) is 24.3 Å². The zero-order chi connectivity index (χ0) is 18.9. The molecule has 3 aromatic rings. The number of carbonyl (C=O) groups is 1. The third kappa shape index (κ3) is 3.47. The van der Waals surface area contributed by atoms with E-state index >= 15 is 0 Å². The fourth-order valence-electron chi connectivity index (χ4n) is 3.81. The fraction of sp³-hybridized carbons (Fsp3) is 0.286. The normalized spacial score (nSPS) is 20.0. The van der Waals surface area contributed by atoms with Crippen LogP contribution in [0.4, 0.5) is 10.2 Å². The highest BCUT2D eigenvalue weighted by atomic mass is 19.1. The van der Waals surface area contributed by atoms with E-state index in [4.69, 9.17) is 0 Å². The summed E-state index contributed by atoms with van der Waals surface area (Å²) in [6, 6.07) is 13.7. The van der Waals surface area contributed by atoms with E-state index in [1.165, 1.54) is 12.1 Å². The summed E-state index contributed by atoms with van der Waals surface area (Å²) in [5, 5.41) is 10.0. The van der Waals surface area contributed by atoms with Gasteiger partial charge in [-0.15, -0.1) is 0 Å². The maximum atomic E-state index is 13.2. The van der Waals surface area contributed by atoms with Crippen molar-refractivity contribution in [2.75, 3.05) is 18.0 Å². The lowest BCUT2D eigenvalue weighted by Gasteiger charge is -2.40. The number of hydrogen-bond donors (Lipinski definition) is 1. The number of hydrogen-bond acceptors (Lipinski definition) is 4. The summed E-state index contributed by atoms with van der Waals surface area (Å²) in [5.41, 5.74) is 1.50. The van der Waals surface area contributed by atoms with Crippen LogP contribution in [0.1, 0.15) is 18.4 Å². The lowest BCUT2D eigenvalue weighted by atomic mass is 9.75. The number of halogens is 1. The van der Waals surface area contributed by atoms with Crippen molar-refractivity contribution in [2.45, 2.75) is 19.3 Å². The number of aromatic nitrogens is 2. The Kier molecular flexibility index (Phi) is 4.48. The van der Waals surface area contributed by atoms with Crippen molar-refractivity contribution in [3.63, 3.8) is 0 Å². The number of nitrogens with zero attached hydrogens (tertiary/aromatic N) is 3. The van der Waals surface area contributed by atoms with Crippen LogP contribution >= 0.6 is 0 Å². The Morgan fingerprint density at radius 2 is 1.89 bits per heavy atom. The highest BCUT2D eigenvalue weighted by molar-refractivity contribution is 5.77. The number of carboxylic acids is 1. The molecule has 0 radical (unpaired) electrons. The number of para-hydroxylation sites is 2. The van der Waals surface area contributed by atoms with Gasteiger partial charge < -0.3 is 10.0 Å². The number of aliphatic carboxylic acids is 1. The first-order valence-corrected chi connectivity index (χ1v) is 9.00. The summed E-state index contributed by atoms with van der Waals surface area (Å²) in [4.78, 5) is 23.3. The Balaban J connectivity index is 1.63. The molecule has 2 heterocycles. The first-order chi connectivity index (χ1) is 13.1. The van der Waals surface area contributed by atoms with Crippen molar-refractivity contribution in [1.82, 2.24) is 9.97 Å². The molecule has 6 heteroatoms. The van der Waals surface area contributed by atoms with E-state index in [9.17, 15) is 14.3 Å². The fourth-order valence-corrected chi connectivity index (χ4v) is 3.81. The summed E-state index contributed by atoms with van der Waals surface area (Å²) in [7, 11) is 0. The Hall–Kier alpha value is -3.02. The van der Waals surface area contributed by atoms with Crippen molar-refractivity contribution in [2.24, 2.45) is 5.41 Å². The number of rotatable bonds is 4. The smallest absolute Gasteiger partial charge is 0.311 e. The van der Waals surface area contributed by atoms with Gasteiger partial charge in [0.05, 0.1) is 22.6 Å². The third-order valence-electron chi connectivity index (χ3n) is 5.25. The summed E-state index contributed by atoms with van der Waals surface area (Å²) >= 11 is 0. The van der Waals surface area contributed by atoms with E-state index < -0.39 is 11.4 Å². The highest BCUT2D eigenvalue weighted by Crippen LogP contribution is 2.36. The maximum absolute atomic E-state index is 13.2. The third-order valence-corrected chi connectivity index (χ3v) is 5.25. The van der Waals surface area contributed by atoms with Crippen LogP contribution in [0.3, 0.4) is 0 Å². The summed E-state index contributed by atoms with van der Waals surface area (Å²) < 4.78 is 13.2. The molecule has 0 saturated carbocycles. The molecule has 1 aliphatic heterocycles. The first kappa shape index (κ1) is 17.4. The molecule has 0 amide bonds. The number of anilines is 1. The zero-order valence-electron chi connectivity index (χ0n) is 14.8. The second kappa shape index (κ2) is 6.95. The lowest BCUT2D eigenvalue weighted by molar-refractivity contribution is -0.149. The van der Waals surface area contributed by atoms with E-state index in [2.05, 4.69) is 9.97 Å². The molecule has 1 atom stereocenters. The first-order valence-electron chi connectivity index (χ1n) is 9.00. The van der Waals surface area contributed by atoms with Gasteiger partial charge >= 0.3 is 5.97 Å². The number of fused-ring (bicyclic) bond motifs is 1. The van der Waals surface area contributed by atoms with Crippen LogP contribution < -0.4 is 4.90 Å². The average molecular weight is 365 g/mol. The average Bonchev–Trinajstić information content (AvgIpc) is 2.69. The molecule has 27 heavy (non-hydrogen) atoms. The van der Waals surface area contributed by atoms with Crippen LogP contribution in [0.15, 0.2) is 54.7 Å². The van der Waals surface area contributed by atoms with Gasteiger partial charge in [0.1, 0.15) is 11.6 Å².